The van der Waals surface area contributed by atoms with E-state index in [-0.39, 0.29) is 6.42 Å². The molecule has 0 N–H and O–H groups in total. The van der Waals surface area contributed by atoms with Gasteiger partial charge in [-0.2, -0.15) is 18.3 Å². The third kappa shape index (κ3) is 4.01. The maximum Gasteiger partial charge on any atom is 0.389 e. The van der Waals surface area contributed by atoms with Crippen LogP contribution in [0.2, 0.25) is 5.02 Å². The Kier molecular flexibility index (Phi) is 4.78. The largest absolute Gasteiger partial charge is 0.389 e. The molecule has 1 heterocycles. The first-order valence-electron chi connectivity index (χ1n) is 5.54. The van der Waals surface area contributed by atoms with Crippen LogP contribution in [0.5, 0.6) is 0 Å². The van der Waals surface area contributed by atoms with Crippen molar-refractivity contribution < 1.29 is 18.0 Å². The van der Waals surface area contributed by atoms with Crippen LogP contribution < -0.4 is 0 Å². The van der Waals surface area contributed by atoms with Gasteiger partial charge in [-0.3, -0.25) is 9.48 Å². The molecule has 7 heteroatoms. The van der Waals surface area contributed by atoms with E-state index >= 15 is 0 Å². The lowest BCUT2D eigenvalue weighted by atomic mass is 10.1. The van der Waals surface area contributed by atoms with Crippen molar-refractivity contribution >= 4 is 17.4 Å². The summed E-state index contributed by atoms with van der Waals surface area (Å²) < 4.78 is 37.5. The number of alkyl halides is 3. The molecule has 0 amide bonds. The highest BCUT2D eigenvalue weighted by molar-refractivity contribution is 6.32. The third-order valence-electron chi connectivity index (χ3n) is 2.50. The van der Waals surface area contributed by atoms with Crippen LogP contribution in [-0.2, 0) is 17.8 Å². The number of ketones is 1. The Hall–Kier alpha value is -1.04. The maximum atomic E-state index is 12.0. The summed E-state index contributed by atoms with van der Waals surface area (Å²) in [6.07, 6.45) is -6.03. The molecule has 0 saturated heterocycles. The van der Waals surface area contributed by atoms with Crippen LogP contribution in [0.3, 0.4) is 0 Å². The fourth-order valence-corrected chi connectivity index (χ4v) is 1.80. The lowest BCUT2D eigenvalue weighted by molar-refractivity contribution is -0.143. The molecule has 0 aliphatic heterocycles. The van der Waals surface area contributed by atoms with Crippen molar-refractivity contribution in [2.75, 3.05) is 0 Å². The zero-order valence-electron chi connectivity index (χ0n) is 10.1. The summed E-state index contributed by atoms with van der Waals surface area (Å²) in [5.41, 5.74) is 1.07. The summed E-state index contributed by atoms with van der Waals surface area (Å²) in [5.74, 6) is -0.483. The number of hydrogen-bond acceptors (Lipinski definition) is 2. The van der Waals surface area contributed by atoms with Crippen molar-refractivity contribution in [2.45, 2.75) is 45.8 Å². The highest BCUT2D eigenvalue weighted by Crippen LogP contribution is 2.24. The van der Waals surface area contributed by atoms with E-state index < -0.39 is 24.8 Å². The number of nitrogens with zero attached hydrogens (tertiary/aromatic N) is 2. The van der Waals surface area contributed by atoms with Crippen molar-refractivity contribution in [1.82, 2.24) is 9.78 Å². The lowest BCUT2D eigenvalue weighted by Gasteiger charge is -2.07. The molecule has 1 aromatic rings. The van der Waals surface area contributed by atoms with E-state index in [9.17, 15) is 18.0 Å². The fourth-order valence-electron chi connectivity index (χ4n) is 1.59. The number of aryl methyl sites for hydroxylation is 2. The minimum atomic E-state index is -4.31. The van der Waals surface area contributed by atoms with Gasteiger partial charge in [0.1, 0.15) is 5.78 Å². The lowest BCUT2D eigenvalue weighted by Crippen LogP contribution is -2.14. The van der Waals surface area contributed by atoms with Gasteiger partial charge in [-0.1, -0.05) is 11.6 Å². The molecule has 1 rings (SSSR count). The van der Waals surface area contributed by atoms with E-state index in [0.717, 1.165) is 0 Å². The molecule has 0 aliphatic rings. The Morgan fingerprint density at radius 2 is 2.06 bits per heavy atom. The van der Waals surface area contributed by atoms with E-state index in [0.29, 0.717) is 23.0 Å². The summed E-state index contributed by atoms with van der Waals surface area (Å²) >= 11 is 5.97. The standard InChI is InChI=1S/C11H14ClF3N2O/c1-3-17-9(10(12)7(2)16-17)6-8(18)4-5-11(13,14)15/h3-6H2,1-2H3. The summed E-state index contributed by atoms with van der Waals surface area (Å²) in [4.78, 5) is 11.5. The van der Waals surface area contributed by atoms with E-state index in [2.05, 4.69) is 5.10 Å². The Bertz CT molecular complexity index is 440. The third-order valence-corrected chi connectivity index (χ3v) is 3.00. The molecule has 3 nitrogen and oxygen atoms in total. The van der Waals surface area contributed by atoms with Gasteiger partial charge < -0.3 is 0 Å². The molecule has 1 aromatic heterocycles. The molecular formula is C11H14ClF3N2O. The van der Waals surface area contributed by atoms with Gasteiger partial charge in [0.2, 0.25) is 0 Å². The second-order valence-electron chi connectivity index (χ2n) is 3.99. The molecule has 0 saturated carbocycles. The van der Waals surface area contributed by atoms with E-state index in [1.54, 1.807) is 11.6 Å². The molecule has 0 fully saturated rings. The van der Waals surface area contributed by atoms with Gasteiger partial charge in [-0.05, 0) is 13.8 Å². The van der Waals surface area contributed by atoms with Crippen molar-refractivity contribution in [3.8, 4) is 0 Å². The second kappa shape index (κ2) is 5.73. The van der Waals surface area contributed by atoms with Gasteiger partial charge in [-0.25, -0.2) is 0 Å². The molecule has 0 bridgehead atoms. The van der Waals surface area contributed by atoms with E-state index in [1.165, 1.54) is 0 Å². The molecule has 0 radical (unpaired) electrons. The van der Waals surface area contributed by atoms with E-state index in [1.807, 2.05) is 6.92 Å². The predicted molar refractivity (Wildman–Crippen MR) is 61.6 cm³/mol. The van der Waals surface area contributed by atoms with Crippen LogP contribution in [0.15, 0.2) is 0 Å². The van der Waals surface area contributed by atoms with Crippen molar-refractivity contribution in [3.63, 3.8) is 0 Å². The van der Waals surface area contributed by atoms with Crippen molar-refractivity contribution in [3.05, 3.63) is 16.4 Å². The topological polar surface area (TPSA) is 34.9 Å². The van der Waals surface area contributed by atoms with Gasteiger partial charge in [0.15, 0.2) is 0 Å². The zero-order valence-corrected chi connectivity index (χ0v) is 10.9. The normalized spacial score (nSPS) is 11.9. The molecule has 0 atom stereocenters. The first kappa shape index (κ1) is 15.0. The fraction of sp³-hybridized carbons (Fsp3) is 0.636. The van der Waals surface area contributed by atoms with Gasteiger partial charge in [-0.15, -0.1) is 0 Å². The molecule has 18 heavy (non-hydrogen) atoms. The van der Waals surface area contributed by atoms with Gasteiger partial charge in [0.05, 0.1) is 22.8 Å². The van der Waals surface area contributed by atoms with Crippen LogP contribution in [0.4, 0.5) is 13.2 Å². The van der Waals surface area contributed by atoms with Gasteiger partial charge >= 0.3 is 6.18 Å². The Morgan fingerprint density at radius 3 is 2.56 bits per heavy atom. The highest BCUT2D eigenvalue weighted by atomic mass is 35.5. The zero-order chi connectivity index (χ0) is 13.9. The number of aromatic nitrogens is 2. The number of carbonyl (C=O) groups is 1. The smallest absolute Gasteiger partial charge is 0.299 e. The number of Topliss-reactive ketones (excluding diaryl/α,β-unsaturated/α-hetero) is 1. The van der Waals surface area contributed by atoms with Crippen LogP contribution in [0.1, 0.15) is 31.2 Å². The molecular weight excluding hydrogens is 269 g/mol. The summed E-state index contributed by atoms with van der Waals surface area (Å²) in [7, 11) is 0. The molecule has 0 aliphatic carbocycles. The monoisotopic (exact) mass is 282 g/mol. The van der Waals surface area contributed by atoms with Crippen LogP contribution in [0, 0.1) is 6.92 Å². The average molecular weight is 283 g/mol. The maximum absolute atomic E-state index is 12.0. The number of carbonyl (C=O) groups excluding carboxylic acids is 1. The summed E-state index contributed by atoms with van der Waals surface area (Å²) in [5, 5.41) is 4.46. The van der Waals surface area contributed by atoms with Crippen molar-refractivity contribution in [2.24, 2.45) is 0 Å². The van der Waals surface area contributed by atoms with Gasteiger partial charge in [0, 0.05) is 19.4 Å². The second-order valence-corrected chi connectivity index (χ2v) is 4.37. The Labute approximate surface area is 108 Å². The number of rotatable bonds is 5. The minimum absolute atomic E-state index is 0.108. The first-order valence-corrected chi connectivity index (χ1v) is 5.92. The number of halogens is 4. The molecule has 0 aromatic carbocycles. The quantitative estimate of drug-likeness (QED) is 0.830. The SMILES string of the molecule is CCn1nc(C)c(Cl)c1CC(=O)CCC(F)(F)F. The summed E-state index contributed by atoms with van der Waals surface area (Å²) in [6.45, 7) is 4.04. The minimum Gasteiger partial charge on any atom is -0.299 e. The van der Waals surface area contributed by atoms with Gasteiger partial charge in [0.25, 0.3) is 0 Å². The van der Waals surface area contributed by atoms with E-state index in [4.69, 9.17) is 11.6 Å². The van der Waals surface area contributed by atoms with Crippen molar-refractivity contribution in [1.29, 1.82) is 0 Å². The first-order chi connectivity index (χ1) is 8.24. The Balaban J connectivity index is 2.70. The number of hydrogen-bond donors (Lipinski definition) is 0. The highest BCUT2D eigenvalue weighted by Gasteiger charge is 2.28. The van der Waals surface area contributed by atoms with Crippen LogP contribution >= 0.6 is 11.6 Å². The van der Waals surface area contributed by atoms with Crippen LogP contribution in [0.25, 0.3) is 0 Å². The molecule has 102 valence electrons. The van der Waals surface area contributed by atoms with Crippen LogP contribution in [-0.4, -0.2) is 21.7 Å². The predicted octanol–water partition coefficient (Wildman–Crippen LogP) is 3.32. The average Bonchev–Trinajstić information content (AvgIpc) is 2.53. The Morgan fingerprint density at radius 1 is 1.44 bits per heavy atom. The summed E-state index contributed by atoms with van der Waals surface area (Å²) in [6, 6.07) is 0. The molecule has 0 unspecified atom stereocenters. The molecule has 0 spiro atoms.